The van der Waals surface area contributed by atoms with Crippen LogP contribution >= 0.6 is 0 Å². The lowest BCUT2D eigenvalue weighted by atomic mass is 9.98. The highest BCUT2D eigenvalue weighted by Crippen LogP contribution is 2.28. The molecule has 7 heteroatoms. The number of sulfonamides is 1. The molecule has 1 saturated heterocycles. The highest BCUT2D eigenvalue weighted by atomic mass is 32.2. The molecule has 3 rings (SSSR count). The van der Waals surface area contributed by atoms with Crippen LogP contribution in [0.3, 0.4) is 0 Å². The van der Waals surface area contributed by atoms with E-state index in [1.165, 1.54) is 4.31 Å². The molecule has 6 nitrogen and oxygen atoms in total. The van der Waals surface area contributed by atoms with E-state index in [2.05, 4.69) is 5.32 Å². The first-order valence-corrected chi connectivity index (χ1v) is 10.9. The van der Waals surface area contributed by atoms with Gasteiger partial charge in [0.1, 0.15) is 5.75 Å². The lowest BCUT2D eigenvalue weighted by Crippen LogP contribution is -2.43. The van der Waals surface area contributed by atoms with E-state index in [0.29, 0.717) is 30.8 Å². The number of hydrogen-bond donors (Lipinski definition) is 1. The molecule has 0 radical (unpaired) electrons. The minimum absolute atomic E-state index is 0.0146. The summed E-state index contributed by atoms with van der Waals surface area (Å²) in [5, 5.41) is 2.91. The molecule has 28 heavy (non-hydrogen) atoms. The SMILES string of the molecule is CC(C)Oc1ccccc1NC(=O)C1CCCN(S(=O)(=O)c2ccccc2)C1. The van der Waals surface area contributed by atoms with Crippen molar-refractivity contribution in [3.8, 4) is 5.75 Å². The third-order valence-corrected chi connectivity index (χ3v) is 6.52. The van der Waals surface area contributed by atoms with E-state index in [1.54, 1.807) is 36.4 Å². The van der Waals surface area contributed by atoms with E-state index in [4.69, 9.17) is 4.74 Å². The van der Waals surface area contributed by atoms with E-state index in [1.807, 2.05) is 32.0 Å². The molecule has 1 aliphatic heterocycles. The van der Waals surface area contributed by atoms with Crippen molar-refractivity contribution >= 4 is 21.6 Å². The summed E-state index contributed by atoms with van der Waals surface area (Å²) < 4.78 is 32.9. The zero-order valence-corrected chi connectivity index (χ0v) is 17.0. The average Bonchev–Trinajstić information content (AvgIpc) is 2.70. The first-order chi connectivity index (χ1) is 13.4. The molecule has 1 atom stereocenters. The minimum Gasteiger partial charge on any atom is -0.489 e. The predicted octanol–water partition coefficient (Wildman–Crippen LogP) is 3.51. The van der Waals surface area contributed by atoms with Gasteiger partial charge in [0.2, 0.25) is 15.9 Å². The van der Waals surface area contributed by atoms with Crippen molar-refractivity contribution in [3.63, 3.8) is 0 Å². The molecule has 1 N–H and O–H groups in total. The van der Waals surface area contributed by atoms with E-state index in [9.17, 15) is 13.2 Å². The second-order valence-electron chi connectivity index (χ2n) is 7.17. The van der Waals surface area contributed by atoms with Crippen LogP contribution in [0.4, 0.5) is 5.69 Å². The molecule has 1 unspecified atom stereocenters. The van der Waals surface area contributed by atoms with Crippen LogP contribution in [0.15, 0.2) is 59.5 Å². The number of rotatable bonds is 6. The van der Waals surface area contributed by atoms with Crippen LogP contribution in [0.5, 0.6) is 5.75 Å². The number of hydrogen-bond acceptors (Lipinski definition) is 4. The van der Waals surface area contributed by atoms with Crippen molar-refractivity contribution < 1.29 is 17.9 Å². The van der Waals surface area contributed by atoms with Crippen LogP contribution < -0.4 is 10.1 Å². The molecule has 0 saturated carbocycles. The van der Waals surface area contributed by atoms with E-state index in [-0.39, 0.29) is 23.5 Å². The predicted molar refractivity (Wildman–Crippen MR) is 109 cm³/mol. The third-order valence-electron chi connectivity index (χ3n) is 4.64. The van der Waals surface area contributed by atoms with Crippen molar-refractivity contribution in [3.05, 3.63) is 54.6 Å². The molecular weight excluding hydrogens is 376 g/mol. The van der Waals surface area contributed by atoms with Gasteiger partial charge in [-0.1, -0.05) is 30.3 Å². The number of anilines is 1. The van der Waals surface area contributed by atoms with Crippen LogP contribution in [-0.4, -0.2) is 37.8 Å². The number of carbonyl (C=O) groups excluding carboxylic acids is 1. The van der Waals surface area contributed by atoms with Gasteiger partial charge < -0.3 is 10.1 Å². The number of benzene rings is 2. The normalized spacial score (nSPS) is 18.0. The topological polar surface area (TPSA) is 75.7 Å². The van der Waals surface area contributed by atoms with Gasteiger partial charge in [0.05, 0.1) is 22.6 Å². The van der Waals surface area contributed by atoms with Crippen molar-refractivity contribution in [2.24, 2.45) is 5.92 Å². The fourth-order valence-electron chi connectivity index (χ4n) is 3.28. The van der Waals surface area contributed by atoms with Crippen molar-refractivity contribution in [1.29, 1.82) is 0 Å². The summed E-state index contributed by atoms with van der Waals surface area (Å²) >= 11 is 0. The zero-order chi connectivity index (χ0) is 20.1. The van der Waals surface area contributed by atoms with Gasteiger partial charge in [0.25, 0.3) is 0 Å². The molecule has 150 valence electrons. The Labute approximate surface area is 166 Å². The van der Waals surface area contributed by atoms with E-state index >= 15 is 0 Å². The number of piperidine rings is 1. The van der Waals surface area contributed by atoms with Gasteiger partial charge in [-0.2, -0.15) is 4.31 Å². The maximum Gasteiger partial charge on any atom is 0.243 e. The highest BCUT2D eigenvalue weighted by Gasteiger charge is 2.33. The largest absolute Gasteiger partial charge is 0.489 e. The second kappa shape index (κ2) is 8.75. The van der Waals surface area contributed by atoms with Crippen LogP contribution in [0.1, 0.15) is 26.7 Å². The Morgan fingerprint density at radius 2 is 1.79 bits per heavy atom. The van der Waals surface area contributed by atoms with Gasteiger partial charge >= 0.3 is 0 Å². The van der Waals surface area contributed by atoms with Crippen molar-refractivity contribution in [1.82, 2.24) is 4.31 Å². The number of carbonyl (C=O) groups is 1. The van der Waals surface area contributed by atoms with Gasteiger partial charge in [0, 0.05) is 13.1 Å². The number of para-hydroxylation sites is 2. The van der Waals surface area contributed by atoms with Crippen LogP contribution in [-0.2, 0) is 14.8 Å². The van der Waals surface area contributed by atoms with Crippen molar-refractivity contribution in [2.75, 3.05) is 18.4 Å². The molecule has 2 aromatic rings. The average molecular weight is 403 g/mol. The second-order valence-corrected chi connectivity index (χ2v) is 9.11. The summed E-state index contributed by atoms with van der Waals surface area (Å²) in [6, 6.07) is 15.6. The molecule has 0 bridgehead atoms. The smallest absolute Gasteiger partial charge is 0.243 e. The molecule has 1 fully saturated rings. The highest BCUT2D eigenvalue weighted by molar-refractivity contribution is 7.89. The molecule has 0 aromatic heterocycles. The van der Waals surface area contributed by atoms with Crippen LogP contribution in [0.25, 0.3) is 0 Å². The fraction of sp³-hybridized carbons (Fsp3) is 0.381. The molecule has 1 heterocycles. The van der Waals surface area contributed by atoms with Crippen molar-refractivity contribution in [2.45, 2.75) is 37.7 Å². The summed E-state index contributed by atoms with van der Waals surface area (Å²) in [4.78, 5) is 13.1. The summed E-state index contributed by atoms with van der Waals surface area (Å²) in [6.07, 6.45) is 1.29. The zero-order valence-electron chi connectivity index (χ0n) is 16.2. The maximum atomic E-state index is 12.9. The lowest BCUT2D eigenvalue weighted by Gasteiger charge is -2.31. The minimum atomic E-state index is -3.60. The Morgan fingerprint density at radius 3 is 2.50 bits per heavy atom. The fourth-order valence-corrected chi connectivity index (χ4v) is 4.82. The summed E-state index contributed by atoms with van der Waals surface area (Å²) in [5.74, 6) is 0.0162. The quantitative estimate of drug-likeness (QED) is 0.802. The Balaban J connectivity index is 1.72. The lowest BCUT2D eigenvalue weighted by molar-refractivity contribution is -0.120. The Kier molecular flexibility index (Phi) is 6.36. The molecule has 0 spiro atoms. The van der Waals surface area contributed by atoms with E-state index in [0.717, 1.165) is 0 Å². The number of amides is 1. The van der Waals surface area contributed by atoms with Gasteiger partial charge in [-0.25, -0.2) is 8.42 Å². The third kappa shape index (κ3) is 4.72. The summed E-state index contributed by atoms with van der Waals surface area (Å²) in [6.45, 7) is 4.45. The number of ether oxygens (including phenoxy) is 1. The standard InChI is InChI=1S/C21H26N2O4S/c1-16(2)27-20-13-7-6-12-19(20)22-21(24)17-9-8-14-23(15-17)28(25,26)18-10-4-3-5-11-18/h3-7,10-13,16-17H,8-9,14-15H2,1-2H3,(H,22,24). The first-order valence-electron chi connectivity index (χ1n) is 9.49. The number of nitrogens with one attached hydrogen (secondary N) is 1. The Morgan fingerprint density at radius 1 is 1.11 bits per heavy atom. The summed E-state index contributed by atoms with van der Waals surface area (Å²) in [5.41, 5.74) is 0.601. The van der Waals surface area contributed by atoms with Crippen LogP contribution in [0.2, 0.25) is 0 Å². The van der Waals surface area contributed by atoms with Gasteiger partial charge in [-0.3, -0.25) is 4.79 Å². The van der Waals surface area contributed by atoms with E-state index < -0.39 is 15.9 Å². The van der Waals surface area contributed by atoms with Gasteiger partial charge in [-0.15, -0.1) is 0 Å². The molecule has 2 aromatic carbocycles. The Hall–Kier alpha value is -2.38. The van der Waals surface area contributed by atoms with Crippen LogP contribution in [0, 0.1) is 5.92 Å². The monoisotopic (exact) mass is 402 g/mol. The van der Waals surface area contributed by atoms with Gasteiger partial charge in [-0.05, 0) is 51.0 Å². The Bertz CT molecular complexity index is 913. The molecule has 1 aliphatic rings. The maximum absolute atomic E-state index is 12.9. The summed E-state index contributed by atoms with van der Waals surface area (Å²) in [7, 11) is -3.60. The molecule has 0 aliphatic carbocycles. The first kappa shape index (κ1) is 20.4. The molecule has 1 amide bonds. The van der Waals surface area contributed by atoms with Gasteiger partial charge in [0.15, 0.2) is 0 Å². The number of nitrogens with zero attached hydrogens (tertiary/aromatic N) is 1. The molecular formula is C21H26N2O4S.